The zero-order chi connectivity index (χ0) is 26.5. The number of rotatable bonds is 9. The highest BCUT2D eigenvalue weighted by Gasteiger charge is 2.44. The van der Waals surface area contributed by atoms with Gasteiger partial charge in [-0.05, 0) is 17.0 Å². The molecule has 3 rings (SSSR count). The van der Waals surface area contributed by atoms with Gasteiger partial charge in [0.25, 0.3) is 11.5 Å². The minimum Gasteiger partial charge on any atom is -0.468 e. The van der Waals surface area contributed by atoms with Gasteiger partial charge in [0.15, 0.2) is 0 Å². The average Bonchev–Trinajstić information content (AvgIpc) is 2.95. The summed E-state index contributed by atoms with van der Waals surface area (Å²) in [5, 5.41) is 0. The van der Waals surface area contributed by atoms with Gasteiger partial charge in [-0.2, -0.15) is 0 Å². The van der Waals surface area contributed by atoms with Crippen LogP contribution in [0.3, 0.4) is 0 Å². The zero-order valence-corrected chi connectivity index (χ0v) is 20.6. The summed E-state index contributed by atoms with van der Waals surface area (Å²) in [6.07, 6.45) is 2.08. The minimum atomic E-state index is -1.97. The number of nitrogens with zero attached hydrogens (tertiary/aromatic N) is 1. The summed E-state index contributed by atoms with van der Waals surface area (Å²) in [7, 11) is 2.42. The van der Waals surface area contributed by atoms with Crippen molar-refractivity contribution in [2.24, 2.45) is 0 Å². The molecule has 1 unspecified atom stereocenters. The number of carbonyl (C=O) groups is 3. The Balaban J connectivity index is 2.16. The van der Waals surface area contributed by atoms with Crippen LogP contribution in [-0.4, -0.2) is 37.0 Å². The average molecular weight is 498 g/mol. The fourth-order valence-corrected chi connectivity index (χ4v) is 3.55. The molecule has 188 valence electrons. The van der Waals surface area contributed by atoms with Gasteiger partial charge in [0, 0.05) is 24.6 Å². The molecule has 0 saturated heterocycles. The molecular formula is C30H27NO6. The van der Waals surface area contributed by atoms with Crippen LogP contribution in [0.2, 0.25) is 0 Å². The van der Waals surface area contributed by atoms with Gasteiger partial charge in [0.05, 0.1) is 26.6 Å². The first-order valence-electron chi connectivity index (χ1n) is 11.4. The first-order valence-corrected chi connectivity index (χ1v) is 11.4. The highest BCUT2D eigenvalue weighted by molar-refractivity contribution is 5.94. The molecule has 1 atom stereocenters. The Bertz CT molecular complexity index is 1240. The highest BCUT2D eigenvalue weighted by Crippen LogP contribution is 2.30. The Labute approximate surface area is 216 Å². The van der Waals surface area contributed by atoms with Gasteiger partial charge in [0.2, 0.25) is 0 Å². The third kappa shape index (κ3) is 7.33. The molecule has 3 aromatic carbocycles. The molecule has 3 aromatic rings. The molecular weight excluding hydrogens is 470 g/mol. The van der Waals surface area contributed by atoms with Gasteiger partial charge in [-0.15, -0.1) is 0 Å². The van der Waals surface area contributed by atoms with Crippen molar-refractivity contribution in [2.75, 3.05) is 14.2 Å². The third-order valence-corrected chi connectivity index (χ3v) is 5.38. The molecule has 7 nitrogen and oxygen atoms in total. The molecule has 0 heterocycles. The summed E-state index contributed by atoms with van der Waals surface area (Å²) in [6.45, 7) is 0.486. The predicted octanol–water partition coefficient (Wildman–Crippen LogP) is 3.99. The molecule has 0 N–H and O–H groups in total. The van der Waals surface area contributed by atoms with Gasteiger partial charge < -0.3 is 19.1 Å². The Morgan fingerprint density at radius 3 is 1.78 bits per heavy atom. The molecule has 1 amide bonds. The van der Waals surface area contributed by atoms with Gasteiger partial charge in [-0.3, -0.25) is 4.79 Å². The molecule has 0 aliphatic rings. The van der Waals surface area contributed by atoms with Crippen LogP contribution in [0.1, 0.15) is 16.7 Å². The number of hydrogen-bond donors (Lipinski definition) is 0. The maximum Gasteiger partial charge on any atom is 0.384 e. The second-order valence-corrected chi connectivity index (χ2v) is 7.86. The second kappa shape index (κ2) is 13.3. The first-order chi connectivity index (χ1) is 18.0. The fourth-order valence-electron chi connectivity index (χ4n) is 3.55. The van der Waals surface area contributed by atoms with Crippen molar-refractivity contribution >= 4 is 17.8 Å². The van der Waals surface area contributed by atoms with Crippen molar-refractivity contribution in [1.29, 1.82) is 0 Å². The van der Waals surface area contributed by atoms with Crippen LogP contribution in [0.5, 0.6) is 0 Å². The standard InChI is InChI=1S/C30H27NO6/c1-35-27(32)18-20-30(26-16-10-5-11-17-26,37-21-19-28(33)36-2)29(34)31(22-24-12-6-3-7-13-24)23-25-14-8-4-9-15-25/h3-17,19,21H,22-23H2,1-2H3/b21-19+. The smallest absolute Gasteiger partial charge is 0.384 e. The van der Waals surface area contributed by atoms with Crippen molar-refractivity contribution in [3.05, 3.63) is 120 Å². The largest absolute Gasteiger partial charge is 0.468 e. The van der Waals surface area contributed by atoms with Crippen LogP contribution in [-0.2, 0) is 47.3 Å². The lowest BCUT2D eigenvalue weighted by Gasteiger charge is -2.33. The fraction of sp³-hybridized carbons (Fsp3) is 0.167. The van der Waals surface area contributed by atoms with Crippen molar-refractivity contribution in [3.63, 3.8) is 0 Å². The van der Waals surface area contributed by atoms with Crippen molar-refractivity contribution in [3.8, 4) is 11.8 Å². The van der Waals surface area contributed by atoms with Crippen LogP contribution in [0.25, 0.3) is 0 Å². The molecule has 0 aliphatic carbocycles. The van der Waals surface area contributed by atoms with E-state index in [4.69, 9.17) is 4.74 Å². The molecule has 37 heavy (non-hydrogen) atoms. The van der Waals surface area contributed by atoms with Gasteiger partial charge in [-0.1, -0.05) is 91.0 Å². The maximum absolute atomic E-state index is 14.4. The summed E-state index contributed by atoms with van der Waals surface area (Å²) in [4.78, 5) is 39.8. The zero-order valence-electron chi connectivity index (χ0n) is 20.6. The Morgan fingerprint density at radius 2 is 1.30 bits per heavy atom. The molecule has 0 fully saturated rings. The van der Waals surface area contributed by atoms with Crippen molar-refractivity contribution in [1.82, 2.24) is 4.90 Å². The Kier molecular flexibility index (Phi) is 9.63. The molecule has 0 saturated carbocycles. The number of amides is 1. The normalized spacial score (nSPS) is 11.9. The lowest BCUT2D eigenvalue weighted by Crippen LogP contribution is -2.47. The third-order valence-electron chi connectivity index (χ3n) is 5.38. The number of carbonyl (C=O) groups excluding carboxylic acids is 3. The van der Waals surface area contributed by atoms with Crippen LogP contribution in [0.4, 0.5) is 0 Å². The van der Waals surface area contributed by atoms with E-state index in [1.165, 1.54) is 14.2 Å². The number of benzene rings is 3. The van der Waals surface area contributed by atoms with Crippen LogP contribution in [0, 0.1) is 11.8 Å². The Hall–Kier alpha value is -4.83. The summed E-state index contributed by atoms with van der Waals surface area (Å²) >= 11 is 0. The monoisotopic (exact) mass is 497 g/mol. The van der Waals surface area contributed by atoms with Crippen molar-refractivity contribution < 1.29 is 28.6 Å². The molecule has 7 heteroatoms. The quantitative estimate of drug-likeness (QED) is 0.146. The number of hydrogen-bond acceptors (Lipinski definition) is 6. The number of methoxy groups -OCH3 is 2. The minimum absolute atomic E-state index is 0.243. The summed E-state index contributed by atoms with van der Waals surface area (Å²) in [5.74, 6) is 3.00. The van der Waals surface area contributed by atoms with Gasteiger partial charge >= 0.3 is 11.9 Å². The molecule has 0 radical (unpaired) electrons. The van der Waals surface area contributed by atoms with Crippen LogP contribution in [0.15, 0.2) is 103 Å². The van der Waals surface area contributed by atoms with E-state index in [0.717, 1.165) is 23.5 Å². The van der Waals surface area contributed by atoms with E-state index in [0.29, 0.717) is 5.56 Å². The lowest BCUT2D eigenvalue weighted by atomic mass is 9.91. The van der Waals surface area contributed by atoms with E-state index >= 15 is 0 Å². The summed E-state index contributed by atoms with van der Waals surface area (Å²) in [6, 6.07) is 27.5. The van der Waals surface area contributed by atoms with E-state index in [-0.39, 0.29) is 13.1 Å². The van der Waals surface area contributed by atoms with Crippen molar-refractivity contribution in [2.45, 2.75) is 18.7 Å². The second-order valence-electron chi connectivity index (χ2n) is 7.86. The van der Waals surface area contributed by atoms with Crippen LogP contribution < -0.4 is 0 Å². The lowest BCUT2D eigenvalue weighted by molar-refractivity contribution is -0.149. The van der Waals surface area contributed by atoms with E-state index in [1.54, 1.807) is 35.2 Å². The van der Waals surface area contributed by atoms with Crippen LogP contribution >= 0.6 is 0 Å². The van der Waals surface area contributed by atoms with E-state index < -0.39 is 23.4 Å². The highest BCUT2D eigenvalue weighted by atomic mass is 16.5. The molecule has 0 aromatic heterocycles. The summed E-state index contributed by atoms with van der Waals surface area (Å²) < 4.78 is 15.3. The predicted molar refractivity (Wildman–Crippen MR) is 137 cm³/mol. The molecule has 0 spiro atoms. The van der Waals surface area contributed by atoms with E-state index in [9.17, 15) is 14.4 Å². The molecule has 0 aliphatic heterocycles. The van der Waals surface area contributed by atoms with Gasteiger partial charge in [-0.25, -0.2) is 9.59 Å². The topological polar surface area (TPSA) is 82.1 Å². The van der Waals surface area contributed by atoms with E-state index in [1.807, 2.05) is 60.7 Å². The maximum atomic E-state index is 14.4. The summed E-state index contributed by atoms with van der Waals surface area (Å²) in [5.41, 5.74) is 0.181. The first kappa shape index (κ1) is 26.8. The number of ether oxygens (including phenoxy) is 3. The molecule has 0 bridgehead atoms. The Morgan fingerprint density at radius 1 is 0.784 bits per heavy atom. The van der Waals surface area contributed by atoms with Gasteiger partial charge in [0.1, 0.15) is 0 Å². The SMILES string of the molecule is COC(=O)C#CC(O/C=C/C(=O)OC)(C(=O)N(Cc1ccccc1)Cc1ccccc1)c1ccccc1. The van der Waals surface area contributed by atoms with E-state index in [2.05, 4.69) is 21.3 Å². The number of esters is 2.